The van der Waals surface area contributed by atoms with Crippen molar-refractivity contribution in [1.82, 2.24) is 13.8 Å². The van der Waals surface area contributed by atoms with Gasteiger partial charge in [-0.05, 0) is 47.8 Å². The summed E-state index contributed by atoms with van der Waals surface area (Å²) >= 11 is 1.10. The van der Waals surface area contributed by atoms with Crippen LogP contribution in [0.4, 0.5) is 0 Å². The van der Waals surface area contributed by atoms with Crippen molar-refractivity contribution in [2.24, 2.45) is 0 Å². The first kappa shape index (κ1) is 19.8. The van der Waals surface area contributed by atoms with Crippen molar-refractivity contribution in [3.8, 4) is 5.75 Å². The fourth-order valence-electron chi connectivity index (χ4n) is 3.25. The lowest BCUT2D eigenvalue weighted by atomic mass is 10.1. The van der Waals surface area contributed by atoms with Gasteiger partial charge in [0.2, 0.25) is 5.91 Å². The molecule has 1 aliphatic rings. The van der Waals surface area contributed by atoms with Gasteiger partial charge in [-0.2, -0.15) is 3.96 Å². The summed E-state index contributed by atoms with van der Waals surface area (Å²) in [4.78, 5) is 31.9. The molecule has 0 unspecified atom stereocenters. The van der Waals surface area contributed by atoms with Gasteiger partial charge in [0.15, 0.2) is 0 Å². The maximum absolute atomic E-state index is 12.5. The van der Waals surface area contributed by atoms with Crippen LogP contribution in [0.2, 0.25) is 0 Å². The lowest BCUT2D eigenvalue weighted by Crippen LogP contribution is -2.38. The molecule has 0 atom stereocenters. The van der Waals surface area contributed by atoms with E-state index in [1.165, 1.54) is 3.96 Å². The summed E-state index contributed by atoms with van der Waals surface area (Å²) in [6, 6.07) is 11.2. The Balaban J connectivity index is 1.27. The van der Waals surface area contributed by atoms with Crippen LogP contribution in [0.15, 0.2) is 47.4 Å². The Morgan fingerprint density at radius 2 is 1.97 bits per heavy atom. The summed E-state index contributed by atoms with van der Waals surface area (Å²) in [5.41, 5.74) is 0.748. The number of ether oxygens (including phenoxy) is 2. The highest BCUT2D eigenvalue weighted by Crippen LogP contribution is 2.16. The van der Waals surface area contributed by atoms with Crippen molar-refractivity contribution in [2.45, 2.75) is 12.8 Å². The van der Waals surface area contributed by atoms with Crippen molar-refractivity contribution in [3.05, 3.63) is 58.5 Å². The van der Waals surface area contributed by atoms with Gasteiger partial charge in [-0.15, -0.1) is 0 Å². The standard InChI is InChI=1S/C21H23N3O4S/c25-19(24-21(26)18-2-1-9-22-20(18)29-24)8-5-16-3-6-17(7-4-16)28-15-12-23-10-13-27-14-11-23/h1-4,6-7,9H,5,8,10-15H2. The van der Waals surface area contributed by atoms with Crippen molar-refractivity contribution in [3.63, 3.8) is 0 Å². The van der Waals surface area contributed by atoms with Gasteiger partial charge in [0.25, 0.3) is 5.56 Å². The van der Waals surface area contributed by atoms with E-state index in [4.69, 9.17) is 9.47 Å². The zero-order valence-electron chi connectivity index (χ0n) is 16.1. The number of pyridine rings is 1. The average Bonchev–Trinajstić information content (AvgIpc) is 3.11. The summed E-state index contributed by atoms with van der Waals surface area (Å²) in [7, 11) is 0. The molecule has 0 aliphatic carbocycles. The Bertz CT molecular complexity index is 1020. The summed E-state index contributed by atoms with van der Waals surface area (Å²) in [6.45, 7) is 5.01. The summed E-state index contributed by atoms with van der Waals surface area (Å²) < 4.78 is 12.4. The molecular weight excluding hydrogens is 390 g/mol. The van der Waals surface area contributed by atoms with E-state index < -0.39 is 0 Å². The highest BCUT2D eigenvalue weighted by Gasteiger charge is 2.14. The maximum atomic E-state index is 12.5. The second kappa shape index (κ2) is 9.30. The summed E-state index contributed by atoms with van der Waals surface area (Å²) in [5, 5.41) is 0.490. The first-order valence-electron chi connectivity index (χ1n) is 9.73. The number of hydrogen-bond donors (Lipinski definition) is 0. The van der Waals surface area contributed by atoms with Crippen LogP contribution in [0.25, 0.3) is 10.2 Å². The van der Waals surface area contributed by atoms with Crippen molar-refractivity contribution >= 4 is 27.7 Å². The van der Waals surface area contributed by atoms with Gasteiger partial charge in [0.05, 0.1) is 18.6 Å². The van der Waals surface area contributed by atoms with E-state index in [1.54, 1.807) is 18.3 Å². The molecule has 29 heavy (non-hydrogen) atoms. The Morgan fingerprint density at radius 1 is 1.17 bits per heavy atom. The quantitative estimate of drug-likeness (QED) is 0.592. The molecule has 7 nitrogen and oxygen atoms in total. The molecular formula is C21H23N3O4S. The van der Waals surface area contributed by atoms with Crippen LogP contribution in [0, 0.1) is 0 Å². The SMILES string of the molecule is O=C(CCc1ccc(OCCN2CCOCC2)cc1)n1sc2ncccc2c1=O. The third-order valence-corrected chi connectivity index (χ3v) is 5.97. The minimum absolute atomic E-state index is 0.205. The van der Waals surface area contributed by atoms with E-state index in [0.29, 0.717) is 23.2 Å². The third kappa shape index (κ3) is 4.90. The van der Waals surface area contributed by atoms with Crippen LogP contribution in [0.5, 0.6) is 5.75 Å². The molecule has 0 amide bonds. The highest BCUT2D eigenvalue weighted by atomic mass is 32.1. The molecule has 0 radical (unpaired) electrons. The second-order valence-electron chi connectivity index (χ2n) is 6.89. The fourth-order valence-corrected chi connectivity index (χ4v) is 4.16. The normalized spacial score (nSPS) is 14.9. The van der Waals surface area contributed by atoms with Crippen molar-refractivity contribution in [2.75, 3.05) is 39.5 Å². The van der Waals surface area contributed by atoms with Crippen LogP contribution in [-0.2, 0) is 11.2 Å². The molecule has 3 aromatic rings. The van der Waals surface area contributed by atoms with Gasteiger partial charge in [-0.25, -0.2) is 4.98 Å². The molecule has 0 bridgehead atoms. The second-order valence-corrected chi connectivity index (χ2v) is 7.82. The Morgan fingerprint density at radius 3 is 2.72 bits per heavy atom. The van der Waals surface area contributed by atoms with Crippen LogP contribution in [-0.4, -0.2) is 59.2 Å². The summed E-state index contributed by atoms with van der Waals surface area (Å²) in [6.07, 6.45) is 2.46. The zero-order valence-corrected chi connectivity index (χ0v) is 16.9. The van der Waals surface area contributed by atoms with E-state index >= 15 is 0 Å². The number of aromatic nitrogens is 2. The Hall–Kier alpha value is -2.55. The zero-order chi connectivity index (χ0) is 20.1. The van der Waals surface area contributed by atoms with Crippen LogP contribution >= 0.6 is 11.5 Å². The average molecular weight is 413 g/mol. The molecule has 4 rings (SSSR count). The van der Waals surface area contributed by atoms with Gasteiger partial charge >= 0.3 is 0 Å². The minimum Gasteiger partial charge on any atom is -0.492 e. The largest absolute Gasteiger partial charge is 0.492 e. The minimum atomic E-state index is -0.285. The molecule has 8 heteroatoms. The van der Waals surface area contributed by atoms with Crippen LogP contribution in [0.3, 0.4) is 0 Å². The van der Waals surface area contributed by atoms with Crippen molar-refractivity contribution in [1.29, 1.82) is 0 Å². The molecule has 0 spiro atoms. The molecule has 1 aromatic carbocycles. The number of aryl methyl sites for hydroxylation is 1. The van der Waals surface area contributed by atoms with Crippen LogP contribution in [0.1, 0.15) is 16.8 Å². The number of benzene rings is 1. The van der Waals surface area contributed by atoms with E-state index in [1.807, 2.05) is 24.3 Å². The predicted molar refractivity (Wildman–Crippen MR) is 112 cm³/mol. The monoisotopic (exact) mass is 413 g/mol. The molecule has 0 N–H and O–H groups in total. The Kier molecular flexibility index (Phi) is 6.33. The maximum Gasteiger partial charge on any atom is 0.277 e. The Labute approximate surface area is 172 Å². The van der Waals surface area contributed by atoms with Crippen LogP contribution < -0.4 is 10.3 Å². The highest BCUT2D eigenvalue weighted by molar-refractivity contribution is 7.14. The van der Waals surface area contributed by atoms with Gasteiger partial charge < -0.3 is 9.47 Å². The summed E-state index contributed by atoms with van der Waals surface area (Å²) in [5.74, 6) is 0.615. The van der Waals surface area contributed by atoms with Gasteiger partial charge in [0.1, 0.15) is 17.2 Å². The number of nitrogens with zero attached hydrogens (tertiary/aromatic N) is 3. The number of rotatable bonds is 7. The number of morpholine rings is 1. The molecule has 0 saturated carbocycles. The molecule has 1 saturated heterocycles. The van der Waals surface area contributed by atoms with E-state index in [-0.39, 0.29) is 17.9 Å². The van der Waals surface area contributed by atoms with E-state index in [2.05, 4.69) is 9.88 Å². The first-order chi connectivity index (χ1) is 14.2. The van der Waals surface area contributed by atoms with E-state index in [9.17, 15) is 9.59 Å². The fraction of sp³-hybridized carbons (Fsp3) is 0.381. The predicted octanol–water partition coefficient (Wildman–Crippen LogP) is 2.44. The molecule has 1 fully saturated rings. The number of carbonyl (C=O) groups excluding carboxylic acids is 1. The topological polar surface area (TPSA) is 73.7 Å². The van der Waals surface area contributed by atoms with Gasteiger partial charge in [-0.3, -0.25) is 14.5 Å². The molecule has 152 valence electrons. The number of hydrogen-bond acceptors (Lipinski definition) is 7. The third-order valence-electron chi connectivity index (χ3n) is 4.92. The molecule has 3 heterocycles. The first-order valence-corrected chi connectivity index (χ1v) is 10.5. The van der Waals surface area contributed by atoms with Crippen molar-refractivity contribution < 1.29 is 14.3 Å². The smallest absolute Gasteiger partial charge is 0.277 e. The van der Waals surface area contributed by atoms with E-state index in [0.717, 1.165) is 55.7 Å². The molecule has 2 aromatic heterocycles. The van der Waals surface area contributed by atoms with Gasteiger partial charge in [-0.1, -0.05) is 12.1 Å². The lowest BCUT2D eigenvalue weighted by molar-refractivity contribution is 0.0322. The number of fused-ring (bicyclic) bond motifs is 1. The number of carbonyl (C=O) groups is 1. The van der Waals surface area contributed by atoms with Gasteiger partial charge in [0, 0.05) is 32.3 Å². The lowest BCUT2D eigenvalue weighted by Gasteiger charge is -2.26. The molecule has 1 aliphatic heterocycles.